The van der Waals surface area contributed by atoms with Gasteiger partial charge in [-0.2, -0.15) is 10.2 Å². The van der Waals surface area contributed by atoms with Crippen molar-refractivity contribution in [2.75, 3.05) is 0 Å². The number of aliphatic hydroxyl groups is 1. The van der Waals surface area contributed by atoms with Crippen LogP contribution in [0.5, 0.6) is 0 Å². The molecule has 6 nitrogen and oxygen atoms in total. The number of hydrogen-bond acceptors (Lipinski definition) is 4. The first kappa shape index (κ1) is 12.8. The van der Waals surface area contributed by atoms with Crippen LogP contribution in [0, 0.1) is 0 Å². The van der Waals surface area contributed by atoms with Crippen molar-refractivity contribution in [2.24, 2.45) is 0 Å². The van der Waals surface area contributed by atoms with Crippen molar-refractivity contribution in [3.8, 4) is 0 Å². The van der Waals surface area contributed by atoms with Crippen LogP contribution in [0.4, 0.5) is 0 Å². The minimum absolute atomic E-state index is 0.468. The Bertz CT molecular complexity index is 490. The second kappa shape index (κ2) is 5.77. The fraction of sp³-hybridized carbons (Fsp3) is 0.583. The maximum atomic E-state index is 10.2. The molecule has 6 heteroatoms. The van der Waals surface area contributed by atoms with Gasteiger partial charge in [0.1, 0.15) is 12.2 Å². The molecule has 98 valence electrons. The molecule has 1 unspecified atom stereocenters. The Balaban J connectivity index is 2.06. The van der Waals surface area contributed by atoms with Crippen LogP contribution in [0.1, 0.15) is 37.8 Å². The zero-order valence-corrected chi connectivity index (χ0v) is 10.8. The third-order valence-corrected chi connectivity index (χ3v) is 2.87. The molecule has 0 radical (unpaired) electrons. The molecule has 0 saturated carbocycles. The van der Waals surface area contributed by atoms with Gasteiger partial charge >= 0.3 is 0 Å². The normalized spacial score (nSPS) is 12.8. The van der Waals surface area contributed by atoms with Gasteiger partial charge in [-0.1, -0.05) is 6.92 Å². The van der Waals surface area contributed by atoms with Crippen LogP contribution in [0.25, 0.3) is 0 Å². The van der Waals surface area contributed by atoms with Gasteiger partial charge in [-0.25, -0.2) is 4.98 Å². The van der Waals surface area contributed by atoms with Crippen LogP contribution in [-0.2, 0) is 19.5 Å². The van der Waals surface area contributed by atoms with E-state index in [2.05, 4.69) is 22.1 Å². The standard InChI is InChI=1S/C12H19N5O/c1-3-5-17-12(13-9-15-17)6-11(18)10-7-14-16(4-2)8-10/h7-9,11,18H,3-6H2,1-2H3. The third kappa shape index (κ3) is 2.76. The zero-order chi connectivity index (χ0) is 13.0. The van der Waals surface area contributed by atoms with Crippen molar-refractivity contribution in [1.29, 1.82) is 0 Å². The van der Waals surface area contributed by atoms with E-state index in [1.165, 1.54) is 6.33 Å². The monoisotopic (exact) mass is 249 g/mol. The fourth-order valence-electron chi connectivity index (χ4n) is 1.86. The van der Waals surface area contributed by atoms with E-state index in [0.29, 0.717) is 6.42 Å². The zero-order valence-electron chi connectivity index (χ0n) is 10.8. The van der Waals surface area contributed by atoms with Crippen LogP contribution in [-0.4, -0.2) is 29.7 Å². The van der Waals surface area contributed by atoms with Gasteiger partial charge in [-0.15, -0.1) is 0 Å². The Labute approximate surface area is 106 Å². The smallest absolute Gasteiger partial charge is 0.138 e. The molecule has 1 N–H and O–H groups in total. The molecule has 0 aromatic carbocycles. The predicted octanol–water partition coefficient (Wildman–Crippen LogP) is 1.18. The molecule has 18 heavy (non-hydrogen) atoms. The molecule has 2 aromatic rings. The average molecular weight is 249 g/mol. The van der Waals surface area contributed by atoms with Crippen LogP contribution >= 0.6 is 0 Å². The fourth-order valence-corrected chi connectivity index (χ4v) is 1.86. The largest absolute Gasteiger partial charge is 0.388 e. The quantitative estimate of drug-likeness (QED) is 0.834. The highest BCUT2D eigenvalue weighted by atomic mass is 16.3. The predicted molar refractivity (Wildman–Crippen MR) is 66.9 cm³/mol. The van der Waals surface area contributed by atoms with Gasteiger partial charge in [0.15, 0.2) is 0 Å². The molecule has 2 heterocycles. The Morgan fingerprint density at radius 1 is 1.33 bits per heavy atom. The number of aromatic nitrogens is 5. The van der Waals surface area contributed by atoms with Crippen molar-refractivity contribution >= 4 is 0 Å². The van der Waals surface area contributed by atoms with Crippen molar-refractivity contribution < 1.29 is 5.11 Å². The lowest BCUT2D eigenvalue weighted by molar-refractivity contribution is 0.173. The first-order chi connectivity index (χ1) is 8.74. The average Bonchev–Trinajstić information content (AvgIpc) is 2.99. The molecule has 0 aliphatic heterocycles. The number of rotatable bonds is 6. The van der Waals surface area contributed by atoms with Gasteiger partial charge in [0.25, 0.3) is 0 Å². The van der Waals surface area contributed by atoms with Gasteiger partial charge in [-0.3, -0.25) is 9.36 Å². The number of nitrogens with zero attached hydrogens (tertiary/aromatic N) is 5. The molecule has 2 aromatic heterocycles. The van der Waals surface area contributed by atoms with Crippen LogP contribution in [0.15, 0.2) is 18.7 Å². The van der Waals surface area contributed by atoms with E-state index in [-0.39, 0.29) is 0 Å². The molecule has 0 bridgehead atoms. The summed E-state index contributed by atoms with van der Waals surface area (Å²) >= 11 is 0. The van der Waals surface area contributed by atoms with E-state index in [1.807, 2.05) is 17.8 Å². The second-order valence-corrected chi connectivity index (χ2v) is 4.25. The maximum Gasteiger partial charge on any atom is 0.138 e. The molecule has 0 fully saturated rings. The molecule has 0 spiro atoms. The topological polar surface area (TPSA) is 68.8 Å². The lowest BCUT2D eigenvalue weighted by Gasteiger charge is -2.09. The van der Waals surface area contributed by atoms with E-state index in [1.54, 1.807) is 10.9 Å². The van der Waals surface area contributed by atoms with Crippen molar-refractivity contribution in [2.45, 2.75) is 45.9 Å². The Morgan fingerprint density at radius 2 is 2.17 bits per heavy atom. The molecular formula is C12H19N5O. The summed E-state index contributed by atoms with van der Waals surface area (Å²) in [5.41, 5.74) is 0.822. The van der Waals surface area contributed by atoms with E-state index >= 15 is 0 Å². The summed E-state index contributed by atoms with van der Waals surface area (Å²) in [6.45, 7) is 5.74. The van der Waals surface area contributed by atoms with Gasteiger partial charge < -0.3 is 5.11 Å². The van der Waals surface area contributed by atoms with E-state index in [4.69, 9.17) is 0 Å². The van der Waals surface area contributed by atoms with Gasteiger partial charge in [0, 0.05) is 31.3 Å². The molecule has 0 saturated heterocycles. The molecule has 0 amide bonds. The summed E-state index contributed by atoms with van der Waals surface area (Å²) in [5.74, 6) is 0.814. The van der Waals surface area contributed by atoms with Crippen molar-refractivity contribution in [3.63, 3.8) is 0 Å². The molecule has 1 atom stereocenters. The number of hydrogen-bond donors (Lipinski definition) is 1. The highest BCUT2D eigenvalue weighted by molar-refractivity contribution is 5.10. The first-order valence-corrected chi connectivity index (χ1v) is 6.31. The van der Waals surface area contributed by atoms with Crippen molar-refractivity contribution in [1.82, 2.24) is 24.5 Å². The van der Waals surface area contributed by atoms with Crippen LogP contribution in [0.2, 0.25) is 0 Å². The molecule has 0 aliphatic rings. The Morgan fingerprint density at radius 3 is 2.83 bits per heavy atom. The first-order valence-electron chi connectivity index (χ1n) is 6.31. The van der Waals surface area contributed by atoms with E-state index in [9.17, 15) is 5.11 Å². The summed E-state index contributed by atoms with van der Waals surface area (Å²) in [6, 6.07) is 0. The van der Waals surface area contributed by atoms with E-state index in [0.717, 1.165) is 30.9 Å². The van der Waals surface area contributed by atoms with Gasteiger partial charge in [0.2, 0.25) is 0 Å². The summed E-state index contributed by atoms with van der Waals surface area (Å²) < 4.78 is 3.64. The van der Waals surface area contributed by atoms with Gasteiger partial charge in [-0.05, 0) is 13.3 Å². The van der Waals surface area contributed by atoms with Crippen LogP contribution in [0.3, 0.4) is 0 Å². The molecular weight excluding hydrogens is 230 g/mol. The van der Waals surface area contributed by atoms with Crippen LogP contribution < -0.4 is 0 Å². The number of aliphatic hydroxyl groups excluding tert-OH is 1. The summed E-state index contributed by atoms with van der Waals surface area (Å²) in [6.07, 6.45) is 5.99. The summed E-state index contributed by atoms with van der Waals surface area (Å²) in [4.78, 5) is 4.19. The summed E-state index contributed by atoms with van der Waals surface area (Å²) in [5, 5.41) is 18.5. The van der Waals surface area contributed by atoms with Crippen molar-refractivity contribution in [3.05, 3.63) is 30.1 Å². The minimum atomic E-state index is -0.579. The second-order valence-electron chi connectivity index (χ2n) is 4.25. The Kier molecular flexibility index (Phi) is 4.09. The SMILES string of the molecule is CCCn1ncnc1CC(O)c1cnn(CC)c1. The lowest BCUT2D eigenvalue weighted by Crippen LogP contribution is -2.10. The van der Waals surface area contributed by atoms with Gasteiger partial charge in [0.05, 0.1) is 12.3 Å². The Hall–Kier alpha value is -1.69. The maximum absolute atomic E-state index is 10.2. The van der Waals surface area contributed by atoms with E-state index < -0.39 is 6.10 Å². The lowest BCUT2D eigenvalue weighted by atomic mass is 10.1. The number of aryl methyl sites for hydroxylation is 2. The molecule has 2 rings (SSSR count). The highest BCUT2D eigenvalue weighted by Gasteiger charge is 2.14. The minimum Gasteiger partial charge on any atom is -0.388 e. The highest BCUT2D eigenvalue weighted by Crippen LogP contribution is 2.16. The third-order valence-electron chi connectivity index (χ3n) is 2.87. The molecule has 0 aliphatic carbocycles. The summed E-state index contributed by atoms with van der Waals surface area (Å²) in [7, 11) is 0.